The molecule has 2 atom stereocenters. The Morgan fingerprint density at radius 2 is 1.95 bits per heavy atom. The zero-order valence-electron chi connectivity index (χ0n) is 12.8. The normalized spacial score (nSPS) is 24.0. The van der Waals surface area contributed by atoms with Gasteiger partial charge >= 0.3 is 12.3 Å². The van der Waals surface area contributed by atoms with E-state index in [1.807, 2.05) is 0 Å². The molecule has 0 radical (unpaired) electrons. The van der Waals surface area contributed by atoms with E-state index >= 15 is 0 Å². The van der Waals surface area contributed by atoms with Gasteiger partial charge in [-0.25, -0.2) is 4.79 Å². The summed E-state index contributed by atoms with van der Waals surface area (Å²) in [5.74, 6) is 0. The molecule has 1 heterocycles. The van der Waals surface area contributed by atoms with Crippen LogP contribution >= 0.6 is 0 Å². The van der Waals surface area contributed by atoms with Gasteiger partial charge in [0.25, 0.3) is 0 Å². The minimum Gasteiger partial charge on any atom is -0.444 e. The van der Waals surface area contributed by atoms with Crippen LogP contribution in [0.15, 0.2) is 0 Å². The van der Waals surface area contributed by atoms with Crippen molar-refractivity contribution in [2.75, 3.05) is 6.61 Å². The molecular weight excluding hydrogens is 291 g/mol. The molecule has 0 bridgehead atoms. The predicted octanol–water partition coefficient (Wildman–Crippen LogP) is 2.67. The van der Waals surface area contributed by atoms with E-state index in [-0.39, 0.29) is 6.61 Å². The first-order chi connectivity index (χ1) is 9.24. The number of aliphatic hydroxyl groups is 1. The van der Waals surface area contributed by atoms with Crippen molar-refractivity contribution in [2.24, 2.45) is 0 Å². The van der Waals surface area contributed by atoms with Gasteiger partial charge in [-0.1, -0.05) is 0 Å². The summed E-state index contributed by atoms with van der Waals surface area (Å²) in [6.07, 6.45) is -8.65. The Kier molecular flexibility index (Phi) is 4.84. The summed E-state index contributed by atoms with van der Waals surface area (Å²) >= 11 is 0. The van der Waals surface area contributed by atoms with Gasteiger partial charge in [0.05, 0.1) is 12.6 Å². The van der Waals surface area contributed by atoms with Gasteiger partial charge in [0.2, 0.25) is 0 Å². The first-order valence-corrected chi connectivity index (χ1v) is 6.65. The van der Waals surface area contributed by atoms with E-state index in [2.05, 4.69) is 0 Å². The van der Waals surface area contributed by atoms with Crippen molar-refractivity contribution >= 4 is 6.09 Å². The summed E-state index contributed by atoms with van der Waals surface area (Å²) in [7, 11) is 0. The molecule has 0 aliphatic carbocycles. The van der Waals surface area contributed by atoms with E-state index in [0.717, 1.165) is 4.90 Å². The molecule has 124 valence electrons. The highest BCUT2D eigenvalue weighted by molar-refractivity contribution is 5.69. The molecule has 1 rings (SSSR count). The molecule has 5 nitrogen and oxygen atoms in total. The average Bonchev–Trinajstić information content (AvgIpc) is 2.49. The van der Waals surface area contributed by atoms with Gasteiger partial charge < -0.3 is 14.6 Å². The minimum absolute atomic E-state index is 0.0839. The van der Waals surface area contributed by atoms with E-state index in [4.69, 9.17) is 9.47 Å². The summed E-state index contributed by atoms with van der Waals surface area (Å²) in [5, 5.41) is 9.19. The topological polar surface area (TPSA) is 59.0 Å². The lowest BCUT2D eigenvalue weighted by Gasteiger charge is -2.35. The molecule has 0 aromatic carbocycles. The third kappa shape index (κ3) is 4.74. The molecular formula is C13H22F3NO4. The Balaban J connectivity index is 2.87. The lowest BCUT2D eigenvalue weighted by molar-refractivity contribution is -0.208. The number of halogens is 3. The van der Waals surface area contributed by atoms with Crippen molar-refractivity contribution in [1.29, 1.82) is 0 Å². The van der Waals surface area contributed by atoms with Crippen LogP contribution in [0, 0.1) is 0 Å². The molecule has 1 saturated heterocycles. The Morgan fingerprint density at radius 3 is 2.38 bits per heavy atom. The molecule has 0 aromatic heterocycles. The van der Waals surface area contributed by atoms with Crippen LogP contribution in [0.5, 0.6) is 0 Å². The molecule has 1 aliphatic rings. The van der Waals surface area contributed by atoms with Gasteiger partial charge in [-0.15, -0.1) is 0 Å². The van der Waals surface area contributed by atoms with Crippen molar-refractivity contribution in [3.05, 3.63) is 0 Å². The fraction of sp³-hybridized carbons (Fsp3) is 0.923. The van der Waals surface area contributed by atoms with Crippen molar-refractivity contribution in [2.45, 2.75) is 70.7 Å². The molecule has 1 amide bonds. The Bertz CT molecular complexity index is 390. The van der Waals surface area contributed by atoms with Crippen molar-refractivity contribution in [1.82, 2.24) is 4.90 Å². The van der Waals surface area contributed by atoms with E-state index in [0.29, 0.717) is 0 Å². The smallest absolute Gasteiger partial charge is 0.414 e. The quantitative estimate of drug-likeness (QED) is 0.851. The lowest BCUT2D eigenvalue weighted by Crippen LogP contribution is -2.51. The number of rotatable bonds is 2. The average molecular weight is 313 g/mol. The zero-order chi connectivity index (χ0) is 16.6. The maximum absolute atomic E-state index is 12.5. The number of nitrogens with zero attached hydrogens (tertiary/aromatic N) is 1. The second kappa shape index (κ2) is 5.64. The Hall–Kier alpha value is -1.02. The van der Waals surface area contributed by atoms with Crippen LogP contribution in [-0.4, -0.2) is 52.4 Å². The number of hydrogen-bond acceptors (Lipinski definition) is 4. The largest absolute Gasteiger partial charge is 0.444 e. The molecule has 1 aliphatic heterocycles. The third-order valence-corrected chi connectivity index (χ3v) is 3.04. The fourth-order valence-electron chi connectivity index (χ4n) is 2.13. The van der Waals surface area contributed by atoms with Crippen LogP contribution < -0.4 is 0 Å². The maximum atomic E-state index is 12.5. The monoisotopic (exact) mass is 313 g/mol. The molecule has 0 spiro atoms. The summed E-state index contributed by atoms with van der Waals surface area (Å²) < 4.78 is 48.0. The first kappa shape index (κ1) is 18.0. The van der Waals surface area contributed by atoms with Gasteiger partial charge in [0.15, 0.2) is 6.10 Å². The fourth-order valence-corrected chi connectivity index (χ4v) is 2.13. The van der Waals surface area contributed by atoms with Crippen LogP contribution in [0.3, 0.4) is 0 Å². The molecule has 0 saturated carbocycles. The number of carbonyl (C=O) groups is 1. The number of amides is 1. The van der Waals surface area contributed by atoms with E-state index in [9.17, 15) is 23.1 Å². The SMILES string of the molecule is CC(C)(C)OC(=O)N1C(CC(O)C(F)(F)F)COC1(C)C. The summed E-state index contributed by atoms with van der Waals surface area (Å²) in [6.45, 7) is 8.03. The maximum Gasteiger partial charge on any atom is 0.414 e. The van der Waals surface area contributed by atoms with Gasteiger partial charge in [-0.05, 0) is 34.6 Å². The van der Waals surface area contributed by atoms with Crippen LogP contribution in [0.25, 0.3) is 0 Å². The molecule has 2 unspecified atom stereocenters. The Labute approximate surface area is 122 Å². The highest BCUT2D eigenvalue weighted by atomic mass is 19.4. The van der Waals surface area contributed by atoms with E-state index < -0.39 is 42.2 Å². The molecule has 21 heavy (non-hydrogen) atoms. The lowest BCUT2D eigenvalue weighted by atomic mass is 10.1. The van der Waals surface area contributed by atoms with Crippen LogP contribution in [0.4, 0.5) is 18.0 Å². The molecule has 8 heteroatoms. The van der Waals surface area contributed by atoms with Crippen LogP contribution in [0.1, 0.15) is 41.0 Å². The standard InChI is InChI=1S/C13H22F3NO4/c1-11(2,3)21-10(19)17-8(7-20-12(17,4)5)6-9(18)13(14,15)16/h8-9,18H,6-7H2,1-5H3. The van der Waals surface area contributed by atoms with Crippen LogP contribution in [0.2, 0.25) is 0 Å². The second-order valence-corrected chi connectivity index (χ2v) is 6.56. The minimum atomic E-state index is -4.73. The van der Waals surface area contributed by atoms with Gasteiger partial charge in [-0.3, -0.25) is 4.90 Å². The van der Waals surface area contributed by atoms with E-state index in [1.54, 1.807) is 34.6 Å². The van der Waals surface area contributed by atoms with Crippen molar-refractivity contribution < 1.29 is 32.5 Å². The van der Waals surface area contributed by atoms with Gasteiger partial charge in [0, 0.05) is 6.42 Å². The molecule has 1 N–H and O–H groups in total. The van der Waals surface area contributed by atoms with Crippen LogP contribution in [-0.2, 0) is 9.47 Å². The number of carbonyl (C=O) groups excluding carboxylic acids is 1. The summed E-state index contributed by atoms with van der Waals surface area (Å²) in [6, 6.07) is -0.897. The number of aliphatic hydroxyl groups excluding tert-OH is 1. The predicted molar refractivity (Wildman–Crippen MR) is 68.6 cm³/mol. The summed E-state index contributed by atoms with van der Waals surface area (Å²) in [5.41, 5.74) is -1.86. The molecule has 0 aromatic rings. The van der Waals surface area contributed by atoms with Crippen molar-refractivity contribution in [3.63, 3.8) is 0 Å². The van der Waals surface area contributed by atoms with Crippen molar-refractivity contribution in [3.8, 4) is 0 Å². The zero-order valence-corrected chi connectivity index (χ0v) is 12.8. The van der Waals surface area contributed by atoms with E-state index in [1.165, 1.54) is 0 Å². The van der Waals surface area contributed by atoms with Gasteiger partial charge in [-0.2, -0.15) is 13.2 Å². The number of hydrogen-bond donors (Lipinski definition) is 1. The highest BCUT2D eigenvalue weighted by Gasteiger charge is 2.49. The number of alkyl halides is 3. The van der Waals surface area contributed by atoms with Gasteiger partial charge in [0.1, 0.15) is 11.3 Å². The summed E-state index contributed by atoms with van der Waals surface area (Å²) in [4.78, 5) is 13.3. The number of ether oxygens (including phenoxy) is 2. The Morgan fingerprint density at radius 1 is 1.43 bits per heavy atom. The first-order valence-electron chi connectivity index (χ1n) is 6.65. The second-order valence-electron chi connectivity index (χ2n) is 6.56. The third-order valence-electron chi connectivity index (χ3n) is 3.04. The molecule has 1 fully saturated rings. The highest BCUT2D eigenvalue weighted by Crippen LogP contribution is 2.33.